The number of aromatic nitrogens is 1. The van der Waals surface area contributed by atoms with E-state index in [1.165, 1.54) is 12.1 Å². The Kier molecular flexibility index (Phi) is 5.19. The van der Waals surface area contributed by atoms with Crippen molar-refractivity contribution in [3.05, 3.63) is 48.4 Å². The van der Waals surface area contributed by atoms with Gasteiger partial charge in [0, 0.05) is 25.3 Å². The number of sulfonamides is 1. The van der Waals surface area contributed by atoms with Gasteiger partial charge < -0.3 is 9.64 Å². The second-order valence-electron chi connectivity index (χ2n) is 5.77. The molecule has 25 heavy (non-hydrogen) atoms. The molecule has 1 aromatic carbocycles. The van der Waals surface area contributed by atoms with Crippen LogP contribution in [0.3, 0.4) is 0 Å². The van der Waals surface area contributed by atoms with Gasteiger partial charge in [-0.25, -0.2) is 22.5 Å². The molecule has 2 aromatic rings. The highest BCUT2D eigenvalue weighted by Gasteiger charge is 2.28. The number of rotatable bonds is 6. The molecule has 0 saturated carbocycles. The van der Waals surface area contributed by atoms with Crippen LogP contribution in [0.15, 0.2) is 47.5 Å². The van der Waals surface area contributed by atoms with Gasteiger partial charge in [0.1, 0.15) is 5.82 Å². The van der Waals surface area contributed by atoms with E-state index in [1.807, 2.05) is 23.1 Å². The first kappa shape index (κ1) is 17.6. The van der Waals surface area contributed by atoms with Gasteiger partial charge in [0.05, 0.1) is 11.5 Å². The number of ether oxygens (including phenoxy) is 1. The van der Waals surface area contributed by atoms with Crippen molar-refractivity contribution in [3.63, 3.8) is 0 Å². The predicted molar refractivity (Wildman–Crippen MR) is 92.7 cm³/mol. The normalized spacial score (nSPS) is 17.7. The van der Waals surface area contributed by atoms with E-state index in [4.69, 9.17) is 4.74 Å². The van der Waals surface area contributed by atoms with Crippen molar-refractivity contribution in [1.82, 2.24) is 9.71 Å². The van der Waals surface area contributed by atoms with Crippen LogP contribution < -0.4 is 14.4 Å². The maximum atomic E-state index is 13.9. The standard InChI is InChI=1S/C17H20FN3O3S/c1-2-24-16-7-6-14(11-15(16)18)25(22,23)20-13-8-10-21(12-13)17-5-3-4-9-19-17/h3-7,9,11,13,20H,2,8,10,12H2,1H3. The number of pyridine rings is 1. The van der Waals surface area contributed by atoms with Crippen molar-refractivity contribution in [2.24, 2.45) is 0 Å². The van der Waals surface area contributed by atoms with Gasteiger partial charge in [-0.15, -0.1) is 0 Å². The van der Waals surface area contributed by atoms with Crippen LogP contribution in [0, 0.1) is 5.82 Å². The van der Waals surface area contributed by atoms with Crippen LogP contribution in [0.5, 0.6) is 5.75 Å². The van der Waals surface area contributed by atoms with Crippen LogP contribution in [0.4, 0.5) is 10.2 Å². The molecule has 0 amide bonds. The third kappa shape index (κ3) is 4.08. The molecular weight excluding hydrogens is 345 g/mol. The zero-order chi connectivity index (χ0) is 17.9. The van der Waals surface area contributed by atoms with Crippen molar-refractivity contribution in [2.75, 3.05) is 24.6 Å². The molecule has 1 fully saturated rings. The highest BCUT2D eigenvalue weighted by atomic mass is 32.2. The minimum absolute atomic E-state index is 0.0450. The van der Waals surface area contributed by atoms with E-state index in [1.54, 1.807) is 13.1 Å². The first-order valence-electron chi connectivity index (χ1n) is 8.10. The van der Waals surface area contributed by atoms with Gasteiger partial charge in [0.15, 0.2) is 11.6 Å². The molecule has 0 bridgehead atoms. The van der Waals surface area contributed by atoms with Crippen molar-refractivity contribution >= 4 is 15.8 Å². The number of nitrogens with one attached hydrogen (secondary N) is 1. The zero-order valence-electron chi connectivity index (χ0n) is 13.9. The van der Waals surface area contributed by atoms with E-state index in [9.17, 15) is 12.8 Å². The number of anilines is 1. The highest BCUT2D eigenvalue weighted by molar-refractivity contribution is 7.89. The van der Waals surface area contributed by atoms with Crippen LogP contribution in [-0.2, 0) is 10.0 Å². The summed E-state index contributed by atoms with van der Waals surface area (Å²) < 4.78 is 46.7. The Morgan fingerprint density at radius 3 is 2.88 bits per heavy atom. The van der Waals surface area contributed by atoms with E-state index in [0.29, 0.717) is 26.1 Å². The molecule has 8 heteroatoms. The maximum absolute atomic E-state index is 13.9. The summed E-state index contributed by atoms with van der Waals surface area (Å²) in [4.78, 5) is 6.19. The van der Waals surface area contributed by atoms with Crippen molar-refractivity contribution in [3.8, 4) is 5.75 Å². The first-order chi connectivity index (χ1) is 12.0. The number of halogens is 1. The Balaban J connectivity index is 1.69. The van der Waals surface area contributed by atoms with Gasteiger partial charge in [-0.05, 0) is 43.7 Å². The molecule has 1 aliphatic rings. The van der Waals surface area contributed by atoms with Gasteiger partial charge in [-0.2, -0.15) is 0 Å². The summed E-state index contributed by atoms with van der Waals surface area (Å²) in [6, 6.07) is 9.03. The van der Waals surface area contributed by atoms with Gasteiger partial charge in [0.25, 0.3) is 0 Å². The summed E-state index contributed by atoms with van der Waals surface area (Å²) in [6.45, 7) is 3.28. The molecule has 0 aliphatic carbocycles. The van der Waals surface area contributed by atoms with Crippen LogP contribution >= 0.6 is 0 Å². The van der Waals surface area contributed by atoms with Gasteiger partial charge in [0.2, 0.25) is 10.0 Å². The van der Waals surface area contributed by atoms with Crippen molar-refractivity contribution < 1.29 is 17.5 Å². The van der Waals surface area contributed by atoms with Gasteiger partial charge in [-0.1, -0.05) is 6.07 Å². The Labute approximate surface area is 146 Å². The highest BCUT2D eigenvalue weighted by Crippen LogP contribution is 2.23. The minimum Gasteiger partial charge on any atom is -0.491 e. The lowest BCUT2D eigenvalue weighted by Gasteiger charge is -2.18. The Morgan fingerprint density at radius 1 is 1.36 bits per heavy atom. The average Bonchev–Trinajstić information content (AvgIpc) is 3.05. The number of hydrogen-bond donors (Lipinski definition) is 1. The molecule has 1 aromatic heterocycles. The van der Waals surface area contributed by atoms with Crippen LogP contribution in [0.2, 0.25) is 0 Å². The van der Waals surface area contributed by atoms with Crippen molar-refractivity contribution in [1.29, 1.82) is 0 Å². The van der Waals surface area contributed by atoms with Crippen LogP contribution in [0.1, 0.15) is 13.3 Å². The fourth-order valence-corrected chi connectivity index (χ4v) is 4.09. The summed E-state index contributed by atoms with van der Waals surface area (Å²) in [5.41, 5.74) is 0. The largest absolute Gasteiger partial charge is 0.491 e. The van der Waals surface area contributed by atoms with Crippen molar-refractivity contribution in [2.45, 2.75) is 24.3 Å². The Hall–Kier alpha value is -2.19. The summed E-state index contributed by atoms with van der Waals surface area (Å²) in [6.07, 6.45) is 2.37. The lowest BCUT2D eigenvalue weighted by molar-refractivity contribution is 0.321. The van der Waals surface area contributed by atoms with Crippen LogP contribution in [0.25, 0.3) is 0 Å². The number of nitrogens with zero attached hydrogens (tertiary/aromatic N) is 2. The Morgan fingerprint density at radius 2 is 2.20 bits per heavy atom. The molecule has 3 rings (SSSR count). The quantitative estimate of drug-likeness (QED) is 0.850. The third-order valence-corrected chi connectivity index (χ3v) is 5.52. The SMILES string of the molecule is CCOc1ccc(S(=O)(=O)NC2CCN(c3ccccn3)C2)cc1F. The molecule has 6 nitrogen and oxygen atoms in total. The minimum atomic E-state index is -3.80. The molecular formula is C17H20FN3O3S. The fraction of sp³-hybridized carbons (Fsp3) is 0.353. The summed E-state index contributed by atoms with van der Waals surface area (Å²) >= 11 is 0. The molecule has 0 radical (unpaired) electrons. The molecule has 1 N–H and O–H groups in total. The second kappa shape index (κ2) is 7.37. The van der Waals surface area contributed by atoms with Crippen LogP contribution in [-0.4, -0.2) is 39.1 Å². The predicted octanol–water partition coefficient (Wildman–Crippen LogP) is 2.18. The topological polar surface area (TPSA) is 71.5 Å². The summed E-state index contributed by atoms with van der Waals surface area (Å²) in [7, 11) is -3.80. The summed E-state index contributed by atoms with van der Waals surface area (Å²) in [5.74, 6) is 0.172. The maximum Gasteiger partial charge on any atom is 0.240 e. The smallest absolute Gasteiger partial charge is 0.240 e. The average molecular weight is 365 g/mol. The van der Waals surface area contributed by atoms with Gasteiger partial charge >= 0.3 is 0 Å². The number of benzene rings is 1. The van der Waals surface area contributed by atoms with E-state index < -0.39 is 15.8 Å². The monoisotopic (exact) mass is 365 g/mol. The second-order valence-corrected chi connectivity index (χ2v) is 7.48. The third-order valence-electron chi connectivity index (χ3n) is 4.00. The van der Waals surface area contributed by atoms with E-state index in [0.717, 1.165) is 11.9 Å². The molecule has 0 spiro atoms. The molecule has 1 unspecified atom stereocenters. The van der Waals surface area contributed by atoms with E-state index >= 15 is 0 Å². The fourth-order valence-electron chi connectivity index (χ4n) is 2.81. The lowest BCUT2D eigenvalue weighted by atomic mass is 10.3. The molecule has 1 aliphatic heterocycles. The summed E-state index contributed by atoms with van der Waals surface area (Å²) in [5, 5.41) is 0. The van der Waals surface area contributed by atoms with Gasteiger partial charge in [-0.3, -0.25) is 0 Å². The zero-order valence-corrected chi connectivity index (χ0v) is 14.7. The van der Waals surface area contributed by atoms with E-state index in [-0.39, 0.29) is 16.7 Å². The molecule has 1 atom stereocenters. The first-order valence-corrected chi connectivity index (χ1v) is 9.58. The molecule has 1 saturated heterocycles. The lowest BCUT2D eigenvalue weighted by Crippen LogP contribution is -2.37. The van der Waals surface area contributed by atoms with E-state index in [2.05, 4.69) is 9.71 Å². The molecule has 134 valence electrons. The molecule has 2 heterocycles. The number of hydrogen-bond acceptors (Lipinski definition) is 5. The Bertz CT molecular complexity index is 830.